The fraction of sp³-hybridized carbons (Fsp3) is 0.357. The van der Waals surface area contributed by atoms with E-state index in [0.29, 0.717) is 4.47 Å². The monoisotopic (exact) mass is 308 g/mol. The maximum atomic E-state index is 12.3. The van der Waals surface area contributed by atoms with Gasteiger partial charge in [-0.2, -0.15) is 0 Å². The Hall–Kier alpha value is -1.29. The Labute approximate surface area is 115 Å². The molecular formula is C14H17BrN2O. The summed E-state index contributed by atoms with van der Waals surface area (Å²) in [6.07, 6.45) is 0. The van der Waals surface area contributed by atoms with Crippen LogP contribution in [-0.2, 0) is 5.41 Å². The molecule has 0 amide bonds. The molecule has 96 valence electrons. The van der Waals surface area contributed by atoms with Crippen molar-refractivity contribution >= 4 is 15.9 Å². The first-order valence-corrected chi connectivity index (χ1v) is 6.68. The zero-order valence-corrected chi connectivity index (χ0v) is 12.6. The number of aromatic nitrogens is 2. The second-order valence-electron chi connectivity index (χ2n) is 5.48. The molecule has 2 rings (SSSR count). The lowest BCUT2D eigenvalue weighted by molar-refractivity contribution is 0.557. The topological polar surface area (TPSA) is 37.8 Å². The highest BCUT2D eigenvalue weighted by Crippen LogP contribution is 2.26. The van der Waals surface area contributed by atoms with E-state index in [-0.39, 0.29) is 11.0 Å². The molecule has 0 aliphatic carbocycles. The van der Waals surface area contributed by atoms with Gasteiger partial charge in [-0.05, 0) is 34.5 Å². The second-order valence-corrected chi connectivity index (χ2v) is 6.27. The van der Waals surface area contributed by atoms with Crippen molar-refractivity contribution in [2.45, 2.75) is 33.1 Å². The predicted octanol–water partition coefficient (Wildman–Crippen LogP) is 3.53. The van der Waals surface area contributed by atoms with Crippen LogP contribution < -0.4 is 5.56 Å². The lowest BCUT2D eigenvalue weighted by Gasteiger charge is -2.16. The molecule has 0 radical (unpaired) electrons. The minimum atomic E-state index is -0.105. The smallest absolute Gasteiger partial charge is 0.285 e. The maximum absolute atomic E-state index is 12.3. The summed E-state index contributed by atoms with van der Waals surface area (Å²) < 4.78 is 2.21. The highest BCUT2D eigenvalue weighted by molar-refractivity contribution is 9.10. The van der Waals surface area contributed by atoms with Gasteiger partial charge in [0.2, 0.25) is 0 Å². The van der Waals surface area contributed by atoms with E-state index in [0.717, 1.165) is 16.9 Å². The van der Waals surface area contributed by atoms with Crippen molar-refractivity contribution in [2.75, 3.05) is 0 Å². The van der Waals surface area contributed by atoms with Gasteiger partial charge < -0.3 is 0 Å². The van der Waals surface area contributed by atoms with E-state index in [1.807, 2.05) is 31.2 Å². The Kier molecular flexibility index (Phi) is 3.23. The van der Waals surface area contributed by atoms with Gasteiger partial charge in [0.05, 0.1) is 11.4 Å². The van der Waals surface area contributed by atoms with Crippen LogP contribution in [0.1, 0.15) is 32.0 Å². The summed E-state index contributed by atoms with van der Waals surface area (Å²) >= 11 is 3.39. The van der Waals surface area contributed by atoms with E-state index in [4.69, 9.17) is 0 Å². The van der Waals surface area contributed by atoms with Crippen LogP contribution in [0.4, 0.5) is 0 Å². The molecule has 0 bridgehead atoms. The summed E-state index contributed by atoms with van der Waals surface area (Å²) in [4.78, 5) is 12.3. The molecule has 1 heterocycles. The minimum absolute atomic E-state index is 0.0470. The minimum Gasteiger partial charge on any atom is -0.293 e. The molecule has 18 heavy (non-hydrogen) atoms. The van der Waals surface area contributed by atoms with Crippen molar-refractivity contribution in [1.82, 2.24) is 9.78 Å². The van der Waals surface area contributed by atoms with E-state index in [2.05, 4.69) is 41.8 Å². The quantitative estimate of drug-likeness (QED) is 0.860. The van der Waals surface area contributed by atoms with Gasteiger partial charge in [-0.25, -0.2) is 4.68 Å². The van der Waals surface area contributed by atoms with Gasteiger partial charge in [0.1, 0.15) is 4.47 Å². The number of aromatic amines is 1. The fourth-order valence-electron chi connectivity index (χ4n) is 1.90. The Morgan fingerprint density at radius 3 is 2.33 bits per heavy atom. The number of hydrogen-bond donors (Lipinski definition) is 1. The number of nitrogens with zero attached hydrogens (tertiary/aromatic N) is 1. The van der Waals surface area contributed by atoms with Crippen molar-refractivity contribution in [2.24, 2.45) is 0 Å². The van der Waals surface area contributed by atoms with E-state index < -0.39 is 0 Å². The molecule has 0 aliphatic heterocycles. The molecule has 1 N–H and O–H groups in total. The van der Waals surface area contributed by atoms with Crippen molar-refractivity contribution in [1.29, 1.82) is 0 Å². The van der Waals surface area contributed by atoms with Crippen LogP contribution in [0.25, 0.3) is 5.69 Å². The van der Waals surface area contributed by atoms with Crippen LogP contribution in [-0.4, -0.2) is 9.78 Å². The summed E-state index contributed by atoms with van der Waals surface area (Å²) in [5, 5.41) is 3.20. The SMILES string of the molecule is Cc1ccccc1-n1[nH]c(C(C)(C)C)c(Br)c1=O. The zero-order chi connectivity index (χ0) is 13.5. The summed E-state index contributed by atoms with van der Waals surface area (Å²) in [7, 11) is 0. The molecule has 4 heteroatoms. The molecule has 0 unspecified atom stereocenters. The zero-order valence-electron chi connectivity index (χ0n) is 11.0. The van der Waals surface area contributed by atoms with E-state index in [1.165, 1.54) is 0 Å². The normalized spacial score (nSPS) is 11.8. The van der Waals surface area contributed by atoms with Crippen LogP contribution >= 0.6 is 15.9 Å². The summed E-state index contributed by atoms with van der Waals surface area (Å²) in [6, 6.07) is 7.83. The Morgan fingerprint density at radius 2 is 1.83 bits per heavy atom. The number of H-pyrrole nitrogens is 1. The van der Waals surface area contributed by atoms with Gasteiger partial charge in [0, 0.05) is 5.41 Å². The summed E-state index contributed by atoms with van der Waals surface area (Å²) in [6.45, 7) is 8.22. The van der Waals surface area contributed by atoms with Gasteiger partial charge in [-0.1, -0.05) is 39.0 Å². The van der Waals surface area contributed by atoms with Crippen LogP contribution in [0.2, 0.25) is 0 Å². The van der Waals surface area contributed by atoms with Gasteiger partial charge in [-0.3, -0.25) is 9.89 Å². The molecule has 3 nitrogen and oxygen atoms in total. The Morgan fingerprint density at radius 1 is 1.22 bits per heavy atom. The van der Waals surface area contributed by atoms with E-state index in [1.54, 1.807) is 4.68 Å². The van der Waals surface area contributed by atoms with Gasteiger partial charge in [-0.15, -0.1) is 0 Å². The van der Waals surface area contributed by atoms with Crippen LogP contribution in [0.15, 0.2) is 33.5 Å². The van der Waals surface area contributed by atoms with E-state index >= 15 is 0 Å². The number of benzene rings is 1. The predicted molar refractivity (Wildman–Crippen MR) is 77.5 cm³/mol. The summed E-state index contributed by atoms with van der Waals surface area (Å²) in [5.41, 5.74) is 2.71. The Bertz CT molecular complexity index is 632. The molecule has 0 saturated heterocycles. The number of aryl methyl sites for hydroxylation is 1. The highest BCUT2D eigenvalue weighted by Gasteiger charge is 2.23. The third kappa shape index (κ3) is 2.17. The number of nitrogens with one attached hydrogen (secondary N) is 1. The standard InChI is InChI=1S/C14H17BrN2O/c1-9-7-5-6-8-10(9)17-13(18)11(15)12(16-17)14(2,3)4/h5-8,16H,1-4H3. The molecule has 0 saturated carbocycles. The van der Waals surface area contributed by atoms with Crippen molar-refractivity contribution < 1.29 is 0 Å². The van der Waals surface area contributed by atoms with Crippen molar-refractivity contribution in [3.63, 3.8) is 0 Å². The second kappa shape index (κ2) is 4.43. The van der Waals surface area contributed by atoms with Crippen LogP contribution in [0.3, 0.4) is 0 Å². The molecule has 1 aromatic carbocycles. The van der Waals surface area contributed by atoms with Gasteiger partial charge in [0.15, 0.2) is 0 Å². The van der Waals surface area contributed by atoms with Gasteiger partial charge >= 0.3 is 0 Å². The van der Waals surface area contributed by atoms with Crippen molar-refractivity contribution in [3.05, 3.63) is 50.3 Å². The first kappa shape index (κ1) is 13.1. The molecular weight excluding hydrogens is 292 g/mol. The highest BCUT2D eigenvalue weighted by atomic mass is 79.9. The van der Waals surface area contributed by atoms with Crippen LogP contribution in [0.5, 0.6) is 0 Å². The lowest BCUT2D eigenvalue weighted by atomic mass is 9.93. The third-order valence-corrected chi connectivity index (χ3v) is 3.68. The number of halogens is 1. The number of para-hydroxylation sites is 1. The number of rotatable bonds is 1. The number of hydrogen-bond acceptors (Lipinski definition) is 1. The van der Waals surface area contributed by atoms with Crippen molar-refractivity contribution in [3.8, 4) is 5.69 Å². The Balaban J connectivity index is 2.69. The molecule has 2 aromatic rings. The average Bonchev–Trinajstić information content (AvgIpc) is 2.57. The van der Waals surface area contributed by atoms with Crippen LogP contribution in [0, 0.1) is 6.92 Å². The lowest BCUT2D eigenvalue weighted by Crippen LogP contribution is -2.15. The summed E-state index contributed by atoms with van der Waals surface area (Å²) in [5.74, 6) is 0. The van der Waals surface area contributed by atoms with Gasteiger partial charge in [0.25, 0.3) is 5.56 Å². The molecule has 0 fully saturated rings. The van der Waals surface area contributed by atoms with E-state index in [9.17, 15) is 4.79 Å². The molecule has 0 atom stereocenters. The molecule has 0 aliphatic rings. The average molecular weight is 309 g/mol. The molecule has 0 spiro atoms. The largest absolute Gasteiger partial charge is 0.293 e. The molecule has 1 aromatic heterocycles. The maximum Gasteiger partial charge on any atom is 0.285 e. The fourth-order valence-corrected chi connectivity index (χ4v) is 2.76. The first-order chi connectivity index (χ1) is 8.32. The third-order valence-electron chi connectivity index (χ3n) is 2.94. The first-order valence-electron chi connectivity index (χ1n) is 5.89.